The molecule has 1 saturated heterocycles. The topological polar surface area (TPSA) is 92.3 Å². The SMILES string of the molecule is C[C@@H]1CN2c3c(cnc4c(F)c(-c5c(F)cccc5OCCCCCCC=O)c(Cl)cc34)N(C)C(=O)[C@H]2CN1C(=O)OC(C)(C)C. The number of hydrogen-bond acceptors (Lipinski definition) is 7. The molecule has 2 aliphatic heterocycles. The average molecular weight is 657 g/mol. The summed E-state index contributed by atoms with van der Waals surface area (Å²) in [5.41, 5.74) is 0.0180. The maximum atomic E-state index is 16.5. The second-order valence-corrected chi connectivity index (χ2v) is 13.2. The summed E-state index contributed by atoms with van der Waals surface area (Å²) in [6.45, 7) is 7.84. The Morgan fingerprint density at radius 2 is 1.87 bits per heavy atom. The van der Waals surface area contributed by atoms with Crippen molar-refractivity contribution in [3.8, 4) is 16.9 Å². The highest BCUT2D eigenvalue weighted by molar-refractivity contribution is 6.34. The molecule has 1 fully saturated rings. The number of fused-ring (bicyclic) bond motifs is 5. The molecule has 3 heterocycles. The van der Waals surface area contributed by atoms with Crippen molar-refractivity contribution in [1.82, 2.24) is 9.88 Å². The number of piperazine rings is 1. The number of amides is 2. The van der Waals surface area contributed by atoms with E-state index >= 15 is 8.78 Å². The molecule has 5 rings (SSSR count). The molecule has 12 heteroatoms. The van der Waals surface area contributed by atoms with Gasteiger partial charge in [0, 0.05) is 37.0 Å². The van der Waals surface area contributed by atoms with Crippen LogP contribution in [0.4, 0.5) is 25.0 Å². The van der Waals surface area contributed by atoms with Crippen LogP contribution in [0.15, 0.2) is 30.5 Å². The van der Waals surface area contributed by atoms with Crippen LogP contribution in [0, 0.1) is 11.6 Å². The van der Waals surface area contributed by atoms with Gasteiger partial charge in [-0.1, -0.05) is 30.5 Å². The summed E-state index contributed by atoms with van der Waals surface area (Å²) in [6.07, 6.45) is 5.51. The fourth-order valence-corrected chi connectivity index (χ4v) is 6.39. The van der Waals surface area contributed by atoms with Gasteiger partial charge in [0.1, 0.15) is 35.0 Å². The number of unbranched alkanes of at least 4 members (excludes halogenated alkanes) is 4. The molecule has 2 aromatic carbocycles. The molecule has 0 radical (unpaired) electrons. The molecule has 0 bridgehead atoms. The standard InChI is InChI=1S/C34H39ClF2N4O5/c1-20-18-41-25(19-40(20)33(44)46-34(2,3)4)32(43)39(5)24-17-38-30-21(31(24)41)16-22(35)27(29(30)37)28-23(36)12-11-13-26(28)45-15-10-8-6-7-9-14-42/h11-14,16-17,20,25H,6-10,15,18-19H2,1-5H3/t20-,25-/m1/s1. The lowest BCUT2D eigenvalue weighted by molar-refractivity contribution is -0.121. The van der Waals surface area contributed by atoms with E-state index in [-0.39, 0.29) is 59.1 Å². The number of carbonyl (C=O) groups is 3. The highest BCUT2D eigenvalue weighted by atomic mass is 35.5. The van der Waals surface area contributed by atoms with E-state index in [2.05, 4.69) is 4.98 Å². The molecule has 0 saturated carbocycles. The number of halogens is 3. The normalized spacial score (nSPS) is 18.0. The summed E-state index contributed by atoms with van der Waals surface area (Å²) < 4.78 is 43.4. The molecular formula is C34H39ClF2N4O5. The molecule has 2 atom stereocenters. The van der Waals surface area contributed by atoms with Gasteiger partial charge in [0.05, 0.1) is 41.3 Å². The number of nitrogens with zero attached hydrogens (tertiary/aromatic N) is 4. The predicted molar refractivity (Wildman–Crippen MR) is 174 cm³/mol. The van der Waals surface area contributed by atoms with E-state index in [0.717, 1.165) is 25.5 Å². The van der Waals surface area contributed by atoms with E-state index in [1.54, 1.807) is 44.9 Å². The van der Waals surface area contributed by atoms with Crippen LogP contribution in [0.5, 0.6) is 5.75 Å². The Balaban J connectivity index is 1.52. The van der Waals surface area contributed by atoms with Crippen LogP contribution in [0.1, 0.15) is 59.8 Å². The van der Waals surface area contributed by atoms with Gasteiger partial charge in [-0.15, -0.1) is 0 Å². The van der Waals surface area contributed by atoms with E-state index in [1.165, 1.54) is 23.2 Å². The minimum Gasteiger partial charge on any atom is -0.493 e. The Bertz CT molecular complexity index is 1660. The number of carbonyl (C=O) groups excluding carboxylic acids is 3. The number of aldehydes is 1. The zero-order chi connectivity index (χ0) is 33.3. The number of rotatable bonds is 9. The van der Waals surface area contributed by atoms with Crippen LogP contribution in [0.2, 0.25) is 5.02 Å². The Kier molecular flexibility index (Phi) is 9.72. The minimum absolute atomic E-state index is 0.0359. The Hall–Kier alpha value is -3.99. The number of benzene rings is 2. The van der Waals surface area contributed by atoms with Crippen molar-refractivity contribution >= 4 is 52.2 Å². The Labute approximate surface area is 272 Å². The number of hydrogen-bond donors (Lipinski definition) is 0. The summed E-state index contributed by atoms with van der Waals surface area (Å²) >= 11 is 6.77. The maximum Gasteiger partial charge on any atom is 0.410 e. The first-order valence-electron chi connectivity index (χ1n) is 15.5. The summed E-state index contributed by atoms with van der Waals surface area (Å²) in [6, 6.07) is 4.75. The first-order chi connectivity index (χ1) is 21.8. The van der Waals surface area contributed by atoms with E-state index < -0.39 is 29.4 Å². The van der Waals surface area contributed by atoms with Crippen LogP contribution < -0.4 is 14.5 Å². The zero-order valence-corrected chi connectivity index (χ0v) is 27.5. The van der Waals surface area contributed by atoms with Crippen molar-refractivity contribution in [2.75, 3.05) is 36.5 Å². The van der Waals surface area contributed by atoms with Crippen molar-refractivity contribution in [3.05, 3.63) is 47.1 Å². The molecule has 3 aromatic rings. The predicted octanol–water partition coefficient (Wildman–Crippen LogP) is 7.15. The summed E-state index contributed by atoms with van der Waals surface area (Å²) in [5.74, 6) is -1.59. The van der Waals surface area contributed by atoms with E-state index in [1.807, 2.05) is 11.8 Å². The quantitative estimate of drug-likeness (QED) is 0.178. The minimum atomic E-state index is -0.814. The third-order valence-electron chi connectivity index (χ3n) is 8.34. The molecular weight excluding hydrogens is 618 g/mol. The van der Waals surface area contributed by atoms with Crippen LogP contribution in [0.25, 0.3) is 22.0 Å². The van der Waals surface area contributed by atoms with Crippen LogP contribution >= 0.6 is 11.6 Å². The lowest BCUT2D eigenvalue weighted by atomic mass is 9.96. The molecule has 0 unspecified atom stereocenters. The lowest BCUT2D eigenvalue weighted by Gasteiger charge is -2.50. The summed E-state index contributed by atoms with van der Waals surface area (Å²) in [7, 11) is 1.61. The van der Waals surface area contributed by atoms with Gasteiger partial charge < -0.3 is 29.0 Å². The third-order valence-corrected chi connectivity index (χ3v) is 8.63. The van der Waals surface area contributed by atoms with Gasteiger partial charge in [0.25, 0.3) is 5.91 Å². The van der Waals surface area contributed by atoms with Crippen molar-refractivity contribution in [2.45, 2.75) is 77.5 Å². The van der Waals surface area contributed by atoms with Gasteiger partial charge in [0.2, 0.25) is 0 Å². The third kappa shape index (κ3) is 6.47. The second-order valence-electron chi connectivity index (χ2n) is 12.8. The molecule has 1 aromatic heterocycles. The largest absolute Gasteiger partial charge is 0.493 e. The molecule has 2 amide bonds. The van der Waals surface area contributed by atoms with Crippen LogP contribution in [-0.4, -0.2) is 72.6 Å². The van der Waals surface area contributed by atoms with Gasteiger partial charge in [-0.2, -0.15) is 0 Å². The molecule has 2 aliphatic rings. The van der Waals surface area contributed by atoms with E-state index in [0.29, 0.717) is 29.6 Å². The van der Waals surface area contributed by atoms with Crippen molar-refractivity contribution in [3.63, 3.8) is 0 Å². The van der Waals surface area contributed by atoms with Gasteiger partial charge in [-0.25, -0.2) is 13.6 Å². The Morgan fingerprint density at radius 3 is 2.59 bits per heavy atom. The molecule has 0 spiro atoms. The van der Waals surface area contributed by atoms with Crippen molar-refractivity contribution < 1.29 is 32.6 Å². The molecule has 246 valence electrons. The fraction of sp³-hybridized carbons (Fsp3) is 0.471. The first-order valence-corrected chi connectivity index (χ1v) is 15.9. The van der Waals surface area contributed by atoms with Gasteiger partial charge in [-0.3, -0.25) is 9.78 Å². The number of aromatic nitrogens is 1. The summed E-state index contributed by atoms with van der Waals surface area (Å²) in [4.78, 5) is 46.4. The molecule has 0 N–H and O–H groups in total. The van der Waals surface area contributed by atoms with Crippen molar-refractivity contribution in [1.29, 1.82) is 0 Å². The van der Waals surface area contributed by atoms with Gasteiger partial charge >= 0.3 is 6.09 Å². The monoisotopic (exact) mass is 656 g/mol. The van der Waals surface area contributed by atoms with Crippen LogP contribution in [-0.2, 0) is 14.3 Å². The number of anilines is 2. The number of ether oxygens (including phenoxy) is 2. The first kappa shape index (κ1) is 33.4. The highest BCUT2D eigenvalue weighted by Crippen LogP contribution is 2.47. The van der Waals surface area contributed by atoms with Crippen LogP contribution in [0.3, 0.4) is 0 Å². The molecule has 46 heavy (non-hydrogen) atoms. The second kappa shape index (κ2) is 13.4. The van der Waals surface area contributed by atoms with E-state index in [9.17, 15) is 14.4 Å². The number of likely N-dealkylation sites (N-methyl/N-ethyl adjacent to an activating group) is 1. The van der Waals surface area contributed by atoms with Gasteiger partial charge in [0.15, 0.2) is 5.82 Å². The smallest absolute Gasteiger partial charge is 0.410 e. The van der Waals surface area contributed by atoms with Crippen molar-refractivity contribution in [2.24, 2.45) is 0 Å². The fourth-order valence-electron chi connectivity index (χ4n) is 6.10. The zero-order valence-electron chi connectivity index (χ0n) is 26.7. The Morgan fingerprint density at radius 1 is 1.13 bits per heavy atom. The average Bonchev–Trinajstić information content (AvgIpc) is 2.99. The lowest BCUT2D eigenvalue weighted by Crippen LogP contribution is -2.66. The highest BCUT2D eigenvalue weighted by Gasteiger charge is 2.45. The van der Waals surface area contributed by atoms with Gasteiger partial charge in [-0.05, 0) is 58.7 Å². The maximum absolute atomic E-state index is 16.5. The summed E-state index contributed by atoms with van der Waals surface area (Å²) in [5, 5.41) is 0.320. The number of pyridine rings is 1. The van der Waals surface area contributed by atoms with E-state index in [4.69, 9.17) is 21.1 Å². The molecule has 0 aliphatic carbocycles. The molecule has 9 nitrogen and oxygen atoms in total.